The zero-order valence-electron chi connectivity index (χ0n) is 13.6. The van der Waals surface area contributed by atoms with E-state index < -0.39 is 0 Å². The zero-order chi connectivity index (χ0) is 16.8. The lowest BCUT2D eigenvalue weighted by atomic mass is 10.1. The molecule has 120 valence electrons. The molecular weight excluding hydrogens is 300 g/mol. The summed E-state index contributed by atoms with van der Waals surface area (Å²) in [5, 5.41) is 0. The molecule has 0 aliphatic heterocycles. The number of nitrogens with zero attached hydrogens (tertiary/aromatic N) is 2. The van der Waals surface area contributed by atoms with E-state index in [1.807, 2.05) is 66.9 Å². The Labute approximate surface area is 141 Å². The van der Waals surface area contributed by atoms with Crippen LogP contribution in [0.4, 0.5) is 0 Å². The molecule has 0 fully saturated rings. The molecular formula is C20H18N2O2. The van der Waals surface area contributed by atoms with Gasteiger partial charge in [0.15, 0.2) is 0 Å². The fourth-order valence-electron chi connectivity index (χ4n) is 2.33. The summed E-state index contributed by atoms with van der Waals surface area (Å²) in [6, 6.07) is 15.5. The van der Waals surface area contributed by atoms with Gasteiger partial charge >= 0.3 is 0 Å². The first kappa shape index (κ1) is 15.7. The molecule has 0 bridgehead atoms. The fourth-order valence-corrected chi connectivity index (χ4v) is 2.33. The van der Waals surface area contributed by atoms with Crippen LogP contribution in [-0.4, -0.2) is 24.2 Å². The van der Waals surface area contributed by atoms with E-state index in [-0.39, 0.29) is 0 Å². The van der Waals surface area contributed by atoms with Gasteiger partial charge in [-0.1, -0.05) is 24.3 Å². The van der Waals surface area contributed by atoms with Crippen molar-refractivity contribution in [2.45, 2.75) is 0 Å². The molecule has 2 heterocycles. The average Bonchev–Trinajstić information content (AvgIpc) is 2.67. The summed E-state index contributed by atoms with van der Waals surface area (Å²) in [5.74, 6) is 1.59. The van der Waals surface area contributed by atoms with Gasteiger partial charge in [0.2, 0.25) is 0 Å². The van der Waals surface area contributed by atoms with Crippen LogP contribution in [0.5, 0.6) is 11.5 Å². The molecule has 0 aliphatic carbocycles. The van der Waals surface area contributed by atoms with Crippen molar-refractivity contribution in [2.24, 2.45) is 0 Å². The first-order chi connectivity index (χ1) is 11.8. The Morgan fingerprint density at radius 1 is 0.833 bits per heavy atom. The minimum atomic E-state index is 0.791. The second-order valence-corrected chi connectivity index (χ2v) is 5.13. The summed E-state index contributed by atoms with van der Waals surface area (Å²) < 4.78 is 10.6. The Balaban J connectivity index is 1.82. The van der Waals surface area contributed by atoms with Crippen molar-refractivity contribution in [3.63, 3.8) is 0 Å². The number of hydrogen-bond donors (Lipinski definition) is 0. The minimum Gasteiger partial charge on any atom is -0.497 e. The van der Waals surface area contributed by atoms with E-state index >= 15 is 0 Å². The molecule has 0 atom stereocenters. The SMILES string of the molecule is COc1ccc(OC)c(/C=C\c2ccc(-c3ccccn3)nc2)c1. The van der Waals surface area contributed by atoms with Gasteiger partial charge in [0, 0.05) is 18.0 Å². The van der Waals surface area contributed by atoms with Crippen LogP contribution in [0.25, 0.3) is 23.5 Å². The Kier molecular flexibility index (Phi) is 4.87. The van der Waals surface area contributed by atoms with E-state index in [1.54, 1.807) is 20.4 Å². The van der Waals surface area contributed by atoms with Crippen molar-refractivity contribution in [3.05, 3.63) is 72.1 Å². The molecule has 0 N–H and O–H groups in total. The number of aromatic nitrogens is 2. The van der Waals surface area contributed by atoms with E-state index in [0.29, 0.717) is 0 Å². The van der Waals surface area contributed by atoms with Crippen molar-refractivity contribution in [1.29, 1.82) is 0 Å². The normalized spacial score (nSPS) is 10.8. The lowest BCUT2D eigenvalue weighted by Crippen LogP contribution is -1.89. The molecule has 3 aromatic rings. The van der Waals surface area contributed by atoms with Crippen LogP contribution in [0.15, 0.2) is 60.9 Å². The molecule has 4 nitrogen and oxygen atoms in total. The third kappa shape index (κ3) is 3.60. The number of benzene rings is 1. The van der Waals surface area contributed by atoms with Gasteiger partial charge in [0.1, 0.15) is 11.5 Å². The second kappa shape index (κ2) is 7.42. The van der Waals surface area contributed by atoms with Crippen LogP contribution in [-0.2, 0) is 0 Å². The molecule has 0 saturated carbocycles. The van der Waals surface area contributed by atoms with E-state index in [2.05, 4.69) is 9.97 Å². The Hall–Kier alpha value is -3.14. The molecule has 0 spiro atoms. The molecule has 24 heavy (non-hydrogen) atoms. The van der Waals surface area contributed by atoms with Gasteiger partial charge in [0.05, 0.1) is 25.6 Å². The van der Waals surface area contributed by atoms with Crippen molar-refractivity contribution in [2.75, 3.05) is 14.2 Å². The molecule has 0 unspecified atom stereocenters. The Bertz CT molecular complexity index is 828. The first-order valence-corrected chi connectivity index (χ1v) is 7.58. The molecule has 0 saturated heterocycles. The zero-order valence-corrected chi connectivity index (χ0v) is 13.6. The molecule has 0 radical (unpaired) electrons. The first-order valence-electron chi connectivity index (χ1n) is 7.58. The van der Waals surface area contributed by atoms with Gasteiger partial charge in [0.25, 0.3) is 0 Å². The smallest absolute Gasteiger partial charge is 0.126 e. The number of pyridine rings is 2. The lowest BCUT2D eigenvalue weighted by molar-refractivity contribution is 0.402. The maximum Gasteiger partial charge on any atom is 0.126 e. The van der Waals surface area contributed by atoms with Crippen molar-refractivity contribution < 1.29 is 9.47 Å². The number of methoxy groups -OCH3 is 2. The van der Waals surface area contributed by atoms with Gasteiger partial charge < -0.3 is 9.47 Å². The van der Waals surface area contributed by atoms with Crippen LogP contribution < -0.4 is 9.47 Å². The topological polar surface area (TPSA) is 44.2 Å². The van der Waals surface area contributed by atoms with E-state index in [4.69, 9.17) is 9.47 Å². The average molecular weight is 318 g/mol. The monoisotopic (exact) mass is 318 g/mol. The summed E-state index contributed by atoms with van der Waals surface area (Å²) in [6.07, 6.45) is 7.57. The van der Waals surface area contributed by atoms with Crippen molar-refractivity contribution >= 4 is 12.2 Å². The molecule has 4 heteroatoms. The molecule has 1 aromatic carbocycles. The van der Waals surface area contributed by atoms with Crippen LogP contribution in [0.1, 0.15) is 11.1 Å². The van der Waals surface area contributed by atoms with Crippen molar-refractivity contribution in [1.82, 2.24) is 9.97 Å². The second-order valence-electron chi connectivity index (χ2n) is 5.13. The number of ether oxygens (including phenoxy) is 2. The predicted octanol–water partition coefficient (Wildman–Crippen LogP) is 4.33. The minimum absolute atomic E-state index is 0.791. The molecule has 2 aromatic heterocycles. The van der Waals surface area contributed by atoms with Crippen LogP contribution in [0.3, 0.4) is 0 Å². The van der Waals surface area contributed by atoms with E-state index in [0.717, 1.165) is 34.0 Å². The highest BCUT2D eigenvalue weighted by Gasteiger charge is 2.02. The molecule has 0 amide bonds. The summed E-state index contributed by atoms with van der Waals surface area (Å²) >= 11 is 0. The predicted molar refractivity (Wildman–Crippen MR) is 95.9 cm³/mol. The number of rotatable bonds is 5. The highest BCUT2D eigenvalue weighted by molar-refractivity contribution is 5.73. The third-order valence-corrected chi connectivity index (χ3v) is 3.61. The standard InChI is InChI=1S/C20H18N2O2/c1-23-17-9-11-20(24-2)16(13-17)8-6-15-7-10-19(22-14-15)18-5-3-4-12-21-18/h3-14H,1-2H3/b8-6-. The van der Waals surface area contributed by atoms with Gasteiger partial charge in [-0.15, -0.1) is 0 Å². The van der Waals surface area contributed by atoms with Gasteiger partial charge in [-0.05, 0) is 42.0 Å². The van der Waals surface area contributed by atoms with E-state index in [1.165, 1.54) is 0 Å². The van der Waals surface area contributed by atoms with Crippen LogP contribution in [0.2, 0.25) is 0 Å². The summed E-state index contributed by atoms with van der Waals surface area (Å²) in [7, 11) is 3.30. The Morgan fingerprint density at radius 2 is 1.71 bits per heavy atom. The number of hydrogen-bond acceptors (Lipinski definition) is 4. The largest absolute Gasteiger partial charge is 0.497 e. The van der Waals surface area contributed by atoms with Crippen LogP contribution >= 0.6 is 0 Å². The van der Waals surface area contributed by atoms with Gasteiger partial charge in [-0.3, -0.25) is 9.97 Å². The van der Waals surface area contributed by atoms with Gasteiger partial charge in [-0.2, -0.15) is 0 Å². The third-order valence-electron chi connectivity index (χ3n) is 3.61. The fraction of sp³-hybridized carbons (Fsp3) is 0.100. The van der Waals surface area contributed by atoms with Gasteiger partial charge in [-0.25, -0.2) is 0 Å². The highest BCUT2D eigenvalue weighted by atomic mass is 16.5. The van der Waals surface area contributed by atoms with Crippen molar-refractivity contribution in [3.8, 4) is 22.9 Å². The van der Waals surface area contributed by atoms with E-state index in [9.17, 15) is 0 Å². The Morgan fingerprint density at radius 3 is 2.38 bits per heavy atom. The maximum absolute atomic E-state index is 5.38. The molecule has 3 rings (SSSR count). The lowest BCUT2D eigenvalue weighted by Gasteiger charge is -2.07. The summed E-state index contributed by atoms with van der Waals surface area (Å²) in [5.41, 5.74) is 3.67. The highest BCUT2D eigenvalue weighted by Crippen LogP contribution is 2.26. The quantitative estimate of drug-likeness (QED) is 0.702. The summed E-state index contributed by atoms with van der Waals surface area (Å²) in [4.78, 5) is 8.77. The van der Waals surface area contributed by atoms with Crippen LogP contribution in [0, 0.1) is 0 Å². The molecule has 0 aliphatic rings. The summed E-state index contributed by atoms with van der Waals surface area (Å²) in [6.45, 7) is 0. The maximum atomic E-state index is 5.38.